The van der Waals surface area contributed by atoms with E-state index in [2.05, 4.69) is 40.3 Å². The van der Waals surface area contributed by atoms with Gasteiger partial charge in [0.2, 0.25) is 0 Å². The lowest BCUT2D eigenvalue weighted by Gasteiger charge is -2.40. The summed E-state index contributed by atoms with van der Waals surface area (Å²) in [6.45, 7) is 8.02. The van der Waals surface area contributed by atoms with Gasteiger partial charge in [0.25, 0.3) is 0 Å². The predicted octanol–water partition coefficient (Wildman–Crippen LogP) is 5.09. The van der Waals surface area contributed by atoms with Gasteiger partial charge < -0.3 is 15.0 Å². The van der Waals surface area contributed by atoms with Crippen LogP contribution >= 0.6 is 27.3 Å². The third-order valence-electron chi connectivity index (χ3n) is 4.84. The van der Waals surface area contributed by atoms with E-state index < -0.39 is 5.60 Å². The van der Waals surface area contributed by atoms with Crippen LogP contribution in [0.3, 0.4) is 0 Å². The molecule has 3 rings (SSSR count). The Balaban J connectivity index is 1.60. The third-order valence-corrected chi connectivity index (χ3v) is 6.65. The molecular weight excluding hydrogens is 388 g/mol. The second kappa shape index (κ2) is 6.96. The monoisotopic (exact) mass is 414 g/mol. The van der Waals surface area contributed by atoms with Gasteiger partial charge in [0.05, 0.1) is 3.79 Å². The fourth-order valence-electron chi connectivity index (χ4n) is 3.92. The van der Waals surface area contributed by atoms with Crippen molar-refractivity contribution in [2.75, 3.05) is 0 Å². The molecule has 3 heterocycles. The highest BCUT2D eigenvalue weighted by molar-refractivity contribution is 9.11. The molecule has 1 amide bonds. The summed E-state index contributed by atoms with van der Waals surface area (Å²) in [7, 11) is 0. The molecule has 2 aliphatic heterocycles. The number of rotatable bonds is 3. The van der Waals surface area contributed by atoms with Crippen LogP contribution < -0.4 is 5.32 Å². The van der Waals surface area contributed by atoms with Crippen LogP contribution in [0, 0.1) is 0 Å². The number of nitrogens with one attached hydrogen (secondary N) is 1. The molecule has 0 aliphatic carbocycles. The van der Waals surface area contributed by atoms with Gasteiger partial charge in [-0.15, -0.1) is 11.3 Å². The van der Waals surface area contributed by atoms with Gasteiger partial charge in [-0.25, -0.2) is 4.79 Å². The minimum absolute atomic E-state index is 0.135. The van der Waals surface area contributed by atoms with Crippen LogP contribution in [0.4, 0.5) is 4.79 Å². The van der Waals surface area contributed by atoms with Crippen molar-refractivity contribution in [2.24, 2.45) is 0 Å². The lowest BCUT2D eigenvalue weighted by Crippen LogP contribution is -2.52. The van der Waals surface area contributed by atoms with Crippen LogP contribution in [0.25, 0.3) is 0 Å². The summed E-state index contributed by atoms with van der Waals surface area (Å²) in [6.07, 6.45) is 4.10. The van der Waals surface area contributed by atoms with E-state index in [4.69, 9.17) is 4.74 Å². The summed E-state index contributed by atoms with van der Waals surface area (Å²) in [5.74, 6) is 0. The van der Waals surface area contributed by atoms with Crippen LogP contribution in [0.2, 0.25) is 0 Å². The highest BCUT2D eigenvalue weighted by atomic mass is 79.9. The molecule has 2 bridgehead atoms. The number of thiophene rings is 1. The highest BCUT2D eigenvalue weighted by Gasteiger charge is 2.44. The van der Waals surface area contributed by atoms with Gasteiger partial charge in [0.1, 0.15) is 5.60 Å². The van der Waals surface area contributed by atoms with Crippen molar-refractivity contribution in [1.29, 1.82) is 0 Å². The Morgan fingerprint density at radius 2 is 1.96 bits per heavy atom. The first-order valence-electron chi connectivity index (χ1n) is 8.75. The summed E-state index contributed by atoms with van der Waals surface area (Å²) in [4.78, 5) is 15.9. The van der Waals surface area contributed by atoms with E-state index in [1.165, 1.54) is 8.66 Å². The second-order valence-electron chi connectivity index (χ2n) is 7.97. The van der Waals surface area contributed by atoms with Crippen molar-refractivity contribution in [3.63, 3.8) is 0 Å². The van der Waals surface area contributed by atoms with E-state index in [-0.39, 0.29) is 6.09 Å². The molecule has 134 valence electrons. The Morgan fingerprint density at radius 1 is 1.33 bits per heavy atom. The molecular formula is C18H27BrN2O2S. The molecule has 24 heavy (non-hydrogen) atoms. The van der Waals surface area contributed by atoms with E-state index in [1.807, 2.05) is 25.7 Å². The standard InChI is InChI=1S/C18H27BrN2O2S/c1-11(15-7-8-16(19)24-15)20-12-9-13-5-6-14(10-12)21(13)17(22)23-18(2,3)4/h7-8,11-14,20H,5-6,9-10H2,1-4H3. The fourth-order valence-corrected chi connectivity index (χ4v) is 5.36. The molecule has 0 aromatic carbocycles. The Bertz CT molecular complexity index is 584. The molecule has 6 heteroatoms. The van der Waals surface area contributed by atoms with Crippen LogP contribution in [0.1, 0.15) is 64.3 Å². The molecule has 0 spiro atoms. The zero-order chi connectivity index (χ0) is 17.5. The Morgan fingerprint density at radius 3 is 2.46 bits per heavy atom. The largest absolute Gasteiger partial charge is 0.444 e. The number of piperidine rings is 1. The quantitative estimate of drug-likeness (QED) is 0.748. The lowest BCUT2D eigenvalue weighted by molar-refractivity contribution is 0.00437. The van der Waals surface area contributed by atoms with Gasteiger partial charge in [-0.1, -0.05) is 0 Å². The van der Waals surface area contributed by atoms with E-state index >= 15 is 0 Å². The number of halogens is 1. The van der Waals surface area contributed by atoms with Gasteiger partial charge in [-0.2, -0.15) is 0 Å². The Kier molecular flexibility index (Phi) is 5.28. The molecule has 2 saturated heterocycles. The zero-order valence-corrected chi connectivity index (χ0v) is 17.2. The van der Waals surface area contributed by atoms with Crippen molar-refractivity contribution in [2.45, 2.75) is 83.1 Å². The average molecular weight is 415 g/mol. The first-order valence-corrected chi connectivity index (χ1v) is 10.4. The van der Waals surface area contributed by atoms with E-state index in [9.17, 15) is 4.79 Å². The molecule has 3 unspecified atom stereocenters. The number of fused-ring (bicyclic) bond motifs is 2. The molecule has 2 aliphatic rings. The smallest absolute Gasteiger partial charge is 0.410 e. The van der Waals surface area contributed by atoms with E-state index in [0.29, 0.717) is 24.2 Å². The number of carbonyl (C=O) groups excluding carboxylic acids is 1. The third kappa shape index (κ3) is 4.14. The topological polar surface area (TPSA) is 41.6 Å². The number of carbonyl (C=O) groups is 1. The molecule has 2 fully saturated rings. The summed E-state index contributed by atoms with van der Waals surface area (Å²) < 4.78 is 6.78. The van der Waals surface area contributed by atoms with Crippen molar-refractivity contribution >= 4 is 33.4 Å². The number of amides is 1. The number of ether oxygens (including phenoxy) is 1. The van der Waals surface area contributed by atoms with Crippen molar-refractivity contribution in [3.05, 3.63) is 20.8 Å². The van der Waals surface area contributed by atoms with Gasteiger partial charge in [0.15, 0.2) is 0 Å². The lowest BCUT2D eigenvalue weighted by atomic mass is 9.97. The maximum atomic E-state index is 12.5. The summed E-state index contributed by atoms with van der Waals surface area (Å²) in [5.41, 5.74) is -0.424. The number of nitrogens with zero attached hydrogens (tertiary/aromatic N) is 1. The van der Waals surface area contributed by atoms with Crippen LogP contribution in [-0.2, 0) is 4.74 Å². The number of hydrogen-bond donors (Lipinski definition) is 1. The molecule has 1 N–H and O–H groups in total. The number of hydrogen-bond acceptors (Lipinski definition) is 4. The summed E-state index contributed by atoms with van der Waals surface area (Å²) in [6, 6.07) is 5.73. The summed E-state index contributed by atoms with van der Waals surface area (Å²) >= 11 is 5.32. The van der Waals surface area contributed by atoms with Gasteiger partial charge >= 0.3 is 6.09 Å². The van der Waals surface area contributed by atoms with Crippen molar-refractivity contribution < 1.29 is 9.53 Å². The van der Waals surface area contributed by atoms with Gasteiger partial charge in [-0.05, 0) is 81.4 Å². The van der Waals surface area contributed by atoms with Crippen LogP contribution in [-0.4, -0.2) is 34.7 Å². The second-order valence-corrected chi connectivity index (χ2v) is 10.5. The van der Waals surface area contributed by atoms with Crippen molar-refractivity contribution in [3.8, 4) is 0 Å². The average Bonchev–Trinajstić information content (AvgIpc) is 2.99. The first kappa shape index (κ1) is 18.2. The minimum Gasteiger partial charge on any atom is -0.444 e. The molecule has 0 saturated carbocycles. The molecule has 1 aromatic heterocycles. The highest BCUT2D eigenvalue weighted by Crippen LogP contribution is 2.38. The van der Waals surface area contributed by atoms with Crippen molar-refractivity contribution in [1.82, 2.24) is 10.2 Å². The zero-order valence-electron chi connectivity index (χ0n) is 14.8. The molecule has 3 atom stereocenters. The molecule has 0 radical (unpaired) electrons. The van der Waals surface area contributed by atoms with Crippen LogP contribution in [0.5, 0.6) is 0 Å². The fraction of sp³-hybridized carbons (Fsp3) is 0.722. The van der Waals surface area contributed by atoms with Crippen LogP contribution in [0.15, 0.2) is 15.9 Å². The SMILES string of the molecule is CC(NC1CC2CCC(C1)N2C(=O)OC(C)(C)C)c1ccc(Br)s1. The van der Waals surface area contributed by atoms with E-state index in [1.54, 1.807) is 11.3 Å². The summed E-state index contributed by atoms with van der Waals surface area (Å²) in [5, 5.41) is 3.77. The molecule has 1 aromatic rings. The minimum atomic E-state index is -0.424. The molecule has 4 nitrogen and oxygen atoms in total. The maximum absolute atomic E-state index is 12.5. The first-order chi connectivity index (χ1) is 11.2. The van der Waals surface area contributed by atoms with Gasteiger partial charge in [0, 0.05) is 29.0 Å². The van der Waals surface area contributed by atoms with Gasteiger partial charge in [-0.3, -0.25) is 0 Å². The Hall–Kier alpha value is -0.590. The predicted molar refractivity (Wildman–Crippen MR) is 101 cm³/mol. The maximum Gasteiger partial charge on any atom is 0.410 e. The normalized spacial score (nSPS) is 28.0. The Labute approximate surface area is 157 Å². The van der Waals surface area contributed by atoms with E-state index in [0.717, 1.165) is 25.7 Å².